The fraction of sp³-hybridized carbons (Fsp3) is 0.259. The molecule has 178 valence electrons. The normalized spacial score (nSPS) is 17.7. The number of alkyl carbamates (subject to hydrolysis) is 1. The Morgan fingerprint density at radius 1 is 0.971 bits per heavy atom. The van der Waals surface area contributed by atoms with Crippen LogP contribution in [0.3, 0.4) is 0 Å². The highest BCUT2D eigenvalue weighted by atomic mass is 16.5. The molecule has 2 atom stereocenters. The summed E-state index contributed by atoms with van der Waals surface area (Å²) in [6, 6.07) is 19.6. The van der Waals surface area contributed by atoms with Crippen LogP contribution >= 0.6 is 0 Å². The average molecular weight is 472 g/mol. The minimum Gasteiger partial charge on any atom is -0.481 e. The maximum Gasteiger partial charge on any atom is 0.407 e. The van der Waals surface area contributed by atoms with Crippen molar-refractivity contribution in [1.29, 1.82) is 0 Å². The number of hydrogen-bond acceptors (Lipinski definition) is 5. The maximum absolute atomic E-state index is 12.4. The van der Waals surface area contributed by atoms with E-state index in [1.54, 1.807) is 12.1 Å². The quantitative estimate of drug-likeness (QED) is 0.460. The molecule has 8 heteroatoms. The molecule has 35 heavy (non-hydrogen) atoms. The van der Waals surface area contributed by atoms with Crippen molar-refractivity contribution in [3.63, 3.8) is 0 Å². The molecule has 0 bridgehead atoms. The molecular formula is C27H25N3O5. The topological polar surface area (TPSA) is 118 Å². The summed E-state index contributed by atoms with van der Waals surface area (Å²) >= 11 is 0. The molecule has 0 saturated heterocycles. The molecule has 5 rings (SSSR count). The average Bonchev–Trinajstić information content (AvgIpc) is 3.57. The first-order chi connectivity index (χ1) is 17.0. The number of rotatable bonds is 8. The number of aromatic nitrogens is 1. The number of hydrogen-bond donors (Lipinski definition) is 3. The molecule has 2 aromatic carbocycles. The van der Waals surface area contributed by atoms with Crippen LogP contribution in [-0.4, -0.2) is 41.2 Å². The summed E-state index contributed by atoms with van der Waals surface area (Å²) in [6.07, 6.45) is 1.47. The van der Waals surface area contributed by atoms with Gasteiger partial charge < -0.3 is 20.5 Å². The second-order valence-electron chi connectivity index (χ2n) is 8.91. The lowest BCUT2D eigenvalue weighted by atomic mass is 9.98. The Bertz CT molecular complexity index is 1230. The number of anilines is 1. The predicted octanol–water partition coefficient (Wildman–Crippen LogP) is 3.82. The summed E-state index contributed by atoms with van der Waals surface area (Å²) in [4.78, 5) is 39.6. The van der Waals surface area contributed by atoms with Crippen molar-refractivity contribution in [2.75, 3.05) is 18.5 Å². The highest BCUT2D eigenvalue weighted by molar-refractivity contribution is 5.94. The molecule has 2 aliphatic rings. The van der Waals surface area contributed by atoms with Crippen LogP contribution in [0.25, 0.3) is 11.1 Å². The number of fused-ring (bicyclic) bond motifs is 3. The zero-order valence-electron chi connectivity index (χ0n) is 18.9. The Kier molecular flexibility index (Phi) is 6.18. The number of pyridine rings is 1. The molecule has 0 spiro atoms. The minimum absolute atomic E-state index is 0.00287. The predicted molar refractivity (Wildman–Crippen MR) is 129 cm³/mol. The van der Waals surface area contributed by atoms with Gasteiger partial charge in [-0.1, -0.05) is 48.5 Å². The van der Waals surface area contributed by atoms with Crippen LogP contribution in [-0.2, 0) is 20.7 Å². The molecule has 0 radical (unpaired) electrons. The SMILES string of the molecule is O=C(O)Cc1ccc(NC(=O)[C@@H]2C[C@@H]2CNC(=O)OCC2c3ccccc3-c3ccccc32)cn1. The van der Waals surface area contributed by atoms with Gasteiger partial charge in [-0.2, -0.15) is 0 Å². The molecule has 1 aromatic heterocycles. The molecule has 2 aliphatic carbocycles. The molecule has 3 aromatic rings. The van der Waals surface area contributed by atoms with E-state index in [-0.39, 0.29) is 36.7 Å². The largest absolute Gasteiger partial charge is 0.481 e. The van der Waals surface area contributed by atoms with Crippen LogP contribution in [0.5, 0.6) is 0 Å². The van der Waals surface area contributed by atoms with E-state index in [1.165, 1.54) is 17.3 Å². The molecule has 1 fully saturated rings. The summed E-state index contributed by atoms with van der Waals surface area (Å²) in [7, 11) is 0. The second-order valence-corrected chi connectivity index (χ2v) is 8.91. The number of ether oxygens (including phenoxy) is 1. The maximum atomic E-state index is 12.4. The molecule has 1 saturated carbocycles. The van der Waals surface area contributed by atoms with Gasteiger partial charge in [0.1, 0.15) is 6.61 Å². The zero-order valence-corrected chi connectivity index (χ0v) is 18.9. The first-order valence-corrected chi connectivity index (χ1v) is 11.6. The third-order valence-corrected chi connectivity index (χ3v) is 6.54. The number of carboxylic acids is 1. The monoisotopic (exact) mass is 471 g/mol. The van der Waals surface area contributed by atoms with Crippen molar-refractivity contribution < 1.29 is 24.2 Å². The van der Waals surface area contributed by atoms with Crippen molar-refractivity contribution in [3.8, 4) is 11.1 Å². The van der Waals surface area contributed by atoms with Gasteiger partial charge in [0.2, 0.25) is 5.91 Å². The Morgan fingerprint density at radius 2 is 1.66 bits per heavy atom. The van der Waals surface area contributed by atoms with E-state index >= 15 is 0 Å². The van der Waals surface area contributed by atoms with Crippen LogP contribution in [0.1, 0.15) is 29.2 Å². The van der Waals surface area contributed by atoms with Crippen molar-refractivity contribution in [3.05, 3.63) is 83.7 Å². The lowest BCUT2D eigenvalue weighted by molar-refractivity contribution is -0.136. The number of carboxylic acid groups (broad SMARTS) is 1. The smallest absolute Gasteiger partial charge is 0.407 e. The number of amides is 2. The van der Waals surface area contributed by atoms with Crippen LogP contribution < -0.4 is 10.6 Å². The van der Waals surface area contributed by atoms with Crippen LogP contribution in [0, 0.1) is 11.8 Å². The van der Waals surface area contributed by atoms with Gasteiger partial charge in [0.05, 0.1) is 24.0 Å². The number of benzene rings is 2. The number of carbonyl (C=O) groups is 3. The van der Waals surface area contributed by atoms with E-state index in [4.69, 9.17) is 9.84 Å². The summed E-state index contributed by atoms with van der Waals surface area (Å²) < 4.78 is 5.55. The Balaban J connectivity index is 1.08. The number of nitrogens with zero attached hydrogens (tertiary/aromatic N) is 1. The van der Waals surface area contributed by atoms with E-state index in [1.807, 2.05) is 24.3 Å². The molecule has 0 unspecified atom stereocenters. The van der Waals surface area contributed by atoms with E-state index in [9.17, 15) is 14.4 Å². The van der Waals surface area contributed by atoms with Crippen molar-refractivity contribution in [2.45, 2.75) is 18.8 Å². The summed E-state index contributed by atoms with van der Waals surface area (Å²) in [6.45, 7) is 0.615. The lowest BCUT2D eigenvalue weighted by Crippen LogP contribution is -2.29. The van der Waals surface area contributed by atoms with E-state index in [2.05, 4.69) is 39.9 Å². The van der Waals surface area contributed by atoms with E-state index in [0.717, 1.165) is 11.1 Å². The van der Waals surface area contributed by atoms with Gasteiger partial charge in [0.15, 0.2) is 0 Å². The standard InChI is InChI=1S/C27H25N3O5/c31-25(32)12-17-9-10-18(14-28-17)30-26(33)23-11-16(23)13-29-27(34)35-15-24-21-7-3-1-5-19(21)20-6-2-4-8-22(20)24/h1-10,14,16,23-24H,11-13,15H2,(H,29,34)(H,30,33)(H,31,32)/t16-,23-/m1/s1. The highest BCUT2D eigenvalue weighted by Gasteiger charge is 2.43. The van der Waals surface area contributed by atoms with Gasteiger partial charge in [0, 0.05) is 18.4 Å². The van der Waals surface area contributed by atoms with Gasteiger partial charge in [-0.25, -0.2) is 4.79 Å². The zero-order chi connectivity index (χ0) is 24.4. The first-order valence-electron chi connectivity index (χ1n) is 11.6. The Labute approximate surface area is 202 Å². The summed E-state index contributed by atoms with van der Waals surface area (Å²) in [5, 5.41) is 14.4. The molecule has 3 N–H and O–H groups in total. The van der Waals surface area contributed by atoms with Crippen LogP contribution in [0.2, 0.25) is 0 Å². The third-order valence-electron chi connectivity index (χ3n) is 6.54. The molecular weight excluding hydrogens is 446 g/mol. The Morgan fingerprint density at radius 3 is 2.29 bits per heavy atom. The van der Waals surface area contributed by atoms with Gasteiger partial charge in [-0.15, -0.1) is 0 Å². The number of nitrogens with one attached hydrogen (secondary N) is 2. The molecule has 1 heterocycles. The molecule has 2 amide bonds. The van der Waals surface area contributed by atoms with Gasteiger partial charge in [-0.05, 0) is 46.7 Å². The second kappa shape index (κ2) is 9.58. The summed E-state index contributed by atoms with van der Waals surface area (Å²) in [5.41, 5.74) is 5.61. The fourth-order valence-electron chi connectivity index (χ4n) is 4.65. The van der Waals surface area contributed by atoms with E-state index < -0.39 is 12.1 Å². The van der Waals surface area contributed by atoms with E-state index in [0.29, 0.717) is 24.3 Å². The Hall–Kier alpha value is -4.20. The first kappa shape index (κ1) is 22.6. The molecule has 0 aliphatic heterocycles. The van der Waals surface area contributed by atoms with Crippen molar-refractivity contribution >= 4 is 23.7 Å². The van der Waals surface area contributed by atoms with Crippen molar-refractivity contribution in [1.82, 2.24) is 10.3 Å². The lowest BCUT2D eigenvalue weighted by Gasteiger charge is -2.14. The van der Waals surface area contributed by atoms with Crippen LogP contribution in [0.15, 0.2) is 66.9 Å². The number of aliphatic carboxylic acids is 1. The number of carbonyl (C=O) groups excluding carboxylic acids is 2. The minimum atomic E-state index is -0.959. The van der Waals surface area contributed by atoms with Gasteiger partial charge >= 0.3 is 12.1 Å². The highest BCUT2D eigenvalue weighted by Crippen LogP contribution is 2.44. The van der Waals surface area contributed by atoms with Gasteiger partial charge in [-0.3, -0.25) is 14.6 Å². The molecule has 8 nitrogen and oxygen atoms in total. The van der Waals surface area contributed by atoms with Crippen molar-refractivity contribution in [2.24, 2.45) is 11.8 Å². The van der Waals surface area contributed by atoms with Gasteiger partial charge in [0.25, 0.3) is 0 Å². The third kappa shape index (κ3) is 5.01. The van der Waals surface area contributed by atoms with Crippen LogP contribution in [0.4, 0.5) is 10.5 Å². The summed E-state index contributed by atoms with van der Waals surface area (Å²) in [5.74, 6) is -1.24. The fourth-order valence-corrected chi connectivity index (χ4v) is 4.65.